The van der Waals surface area contributed by atoms with Crippen LogP contribution in [0.4, 0.5) is 17.1 Å². The smallest absolute Gasteiger partial charge is 0.245 e. The van der Waals surface area contributed by atoms with Crippen LogP contribution in [0.1, 0.15) is 27.2 Å². The maximum Gasteiger partial charge on any atom is 0.245 e. The minimum absolute atomic E-state index is 0.00864. The average Bonchev–Trinajstić information content (AvgIpc) is 2.62. The molecule has 1 amide bonds. The Morgan fingerprint density at radius 2 is 1.77 bits per heavy atom. The second kappa shape index (κ2) is 7.09. The minimum Gasteiger partial charge on any atom is -0.378 e. The molecule has 0 aromatic heterocycles. The number of ether oxygens (including phenoxy) is 1. The molecule has 2 unspecified atom stereocenters. The van der Waals surface area contributed by atoms with Crippen molar-refractivity contribution in [3.63, 3.8) is 0 Å². The first-order valence-electron chi connectivity index (χ1n) is 9.01. The highest BCUT2D eigenvalue weighted by Crippen LogP contribution is 2.50. The number of carbonyl (C=O) groups is 1. The van der Waals surface area contributed by atoms with Crippen molar-refractivity contribution in [2.24, 2.45) is 11.1 Å². The van der Waals surface area contributed by atoms with E-state index in [0.29, 0.717) is 13.0 Å². The predicted molar refractivity (Wildman–Crippen MR) is 106 cm³/mol. The second-order valence-corrected chi connectivity index (χ2v) is 7.37. The van der Waals surface area contributed by atoms with Gasteiger partial charge in [0.15, 0.2) is 0 Å². The Balaban J connectivity index is 1.69. The molecule has 0 aliphatic heterocycles. The van der Waals surface area contributed by atoms with E-state index >= 15 is 0 Å². The van der Waals surface area contributed by atoms with Gasteiger partial charge in [-0.2, -0.15) is 0 Å². The van der Waals surface area contributed by atoms with Gasteiger partial charge in [0.25, 0.3) is 0 Å². The van der Waals surface area contributed by atoms with E-state index in [0.717, 1.165) is 17.1 Å². The standard InChI is InChI=1S/C21H27N3O2/c1-4-26-18-14-21(22,20(18,2)3)19(25)24-17-12-8-11-16(13-17)23-15-9-6-5-7-10-15/h5-13,18,23H,4,14,22H2,1-3H3,(H,24,25). The molecule has 0 bridgehead atoms. The van der Waals surface area contributed by atoms with Gasteiger partial charge in [-0.3, -0.25) is 4.79 Å². The molecule has 0 spiro atoms. The summed E-state index contributed by atoms with van der Waals surface area (Å²) in [6.45, 7) is 6.56. The number of hydrogen-bond donors (Lipinski definition) is 3. The molecule has 0 radical (unpaired) electrons. The van der Waals surface area contributed by atoms with Crippen LogP contribution in [-0.4, -0.2) is 24.2 Å². The number of anilines is 3. The van der Waals surface area contributed by atoms with Crippen LogP contribution in [0.15, 0.2) is 54.6 Å². The van der Waals surface area contributed by atoms with Crippen molar-refractivity contribution >= 4 is 23.0 Å². The van der Waals surface area contributed by atoms with E-state index < -0.39 is 11.0 Å². The zero-order valence-electron chi connectivity index (χ0n) is 15.6. The fourth-order valence-corrected chi connectivity index (χ4v) is 3.43. The Labute approximate surface area is 154 Å². The van der Waals surface area contributed by atoms with Crippen molar-refractivity contribution in [3.05, 3.63) is 54.6 Å². The number of amides is 1. The highest BCUT2D eigenvalue weighted by Gasteiger charge is 2.62. The van der Waals surface area contributed by atoms with Crippen LogP contribution >= 0.6 is 0 Å². The lowest BCUT2D eigenvalue weighted by Gasteiger charge is -2.57. The topological polar surface area (TPSA) is 76.4 Å². The number of para-hydroxylation sites is 1. The lowest BCUT2D eigenvalue weighted by molar-refractivity contribution is -0.166. The van der Waals surface area contributed by atoms with Gasteiger partial charge in [0.2, 0.25) is 5.91 Å². The molecule has 0 heterocycles. The molecule has 2 aromatic rings. The summed E-state index contributed by atoms with van der Waals surface area (Å²) in [5.74, 6) is -0.171. The van der Waals surface area contributed by atoms with Gasteiger partial charge < -0.3 is 21.1 Å². The highest BCUT2D eigenvalue weighted by atomic mass is 16.5. The predicted octanol–water partition coefficient (Wildman–Crippen LogP) is 3.90. The molecule has 3 rings (SSSR count). The molecule has 26 heavy (non-hydrogen) atoms. The van der Waals surface area contributed by atoms with E-state index in [1.807, 2.05) is 75.4 Å². The first-order valence-corrected chi connectivity index (χ1v) is 9.01. The SMILES string of the molecule is CCOC1CC(N)(C(=O)Nc2cccc(Nc3ccccc3)c2)C1(C)C. The average molecular weight is 353 g/mol. The van der Waals surface area contributed by atoms with Crippen molar-refractivity contribution in [1.29, 1.82) is 0 Å². The van der Waals surface area contributed by atoms with Crippen LogP contribution in [0, 0.1) is 5.41 Å². The maximum atomic E-state index is 12.8. The van der Waals surface area contributed by atoms with Crippen LogP contribution in [0.5, 0.6) is 0 Å². The van der Waals surface area contributed by atoms with Gasteiger partial charge in [-0.05, 0) is 37.3 Å². The number of nitrogens with one attached hydrogen (secondary N) is 2. The molecule has 1 fully saturated rings. The molecular weight excluding hydrogens is 326 g/mol. The maximum absolute atomic E-state index is 12.8. The zero-order valence-corrected chi connectivity index (χ0v) is 15.6. The van der Waals surface area contributed by atoms with E-state index in [2.05, 4.69) is 10.6 Å². The molecule has 0 saturated heterocycles. The molecule has 2 aromatic carbocycles. The van der Waals surface area contributed by atoms with Gasteiger partial charge in [0, 0.05) is 35.5 Å². The van der Waals surface area contributed by atoms with Crippen molar-refractivity contribution < 1.29 is 9.53 Å². The summed E-state index contributed by atoms with van der Waals surface area (Å²) in [6, 6.07) is 17.5. The number of benzene rings is 2. The molecule has 5 heteroatoms. The molecule has 1 aliphatic carbocycles. The third-order valence-electron chi connectivity index (χ3n) is 5.42. The lowest BCUT2D eigenvalue weighted by atomic mass is 9.54. The molecule has 138 valence electrons. The molecule has 1 aliphatic rings. The number of carbonyl (C=O) groups excluding carboxylic acids is 1. The zero-order chi connectivity index (χ0) is 18.8. The van der Waals surface area contributed by atoms with Crippen molar-refractivity contribution in [2.75, 3.05) is 17.2 Å². The largest absolute Gasteiger partial charge is 0.378 e. The summed E-state index contributed by atoms with van der Waals surface area (Å²) in [6.07, 6.45) is 0.538. The third-order valence-corrected chi connectivity index (χ3v) is 5.42. The second-order valence-electron chi connectivity index (χ2n) is 7.37. The molecule has 2 atom stereocenters. The Bertz CT molecular complexity index is 776. The molecule has 5 nitrogen and oxygen atoms in total. The van der Waals surface area contributed by atoms with Gasteiger partial charge in [0.05, 0.1) is 6.10 Å². The van der Waals surface area contributed by atoms with Gasteiger partial charge in [-0.15, -0.1) is 0 Å². The monoisotopic (exact) mass is 353 g/mol. The van der Waals surface area contributed by atoms with Crippen molar-refractivity contribution in [2.45, 2.75) is 38.8 Å². The Hall–Kier alpha value is -2.37. The number of hydrogen-bond acceptors (Lipinski definition) is 4. The first kappa shape index (κ1) is 18.4. The van der Waals surface area contributed by atoms with Crippen LogP contribution in [0.3, 0.4) is 0 Å². The number of nitrogens with two attached hydrogens (primary N) is 1. The van der Waals surface area contributed by atoms with E-state index in [1.165, 1.54) is 0 Å². The van der Waals surface area contributed by atoms with Crippen LogP contribution in [-0.2, 0) is 9.53 Å². The fraction of sp³-hybridized carbons (Fsp3) is 0.381. The van der Waals surface area contributed by atoms with Crippen molar-refractivity contribution in [1.82, 2.24) is 0 Å². The summed E-state index contributed by atoms with van der Waals surface area (Å²) >= 11 is 0. The first-order chi connectivity index (χ1) is 12.4. The van der Waals surface area contributed by atoms with E-state index in [9.17, 15) is 4.79 Å². The summed E-state index contributed by atoms with van der Waals surface area (Å²) < 4.78 is 5.70. The molecule has 1 saturated carbocycles. The van der Waals surface area contributed by atoms with Crippen LogP contribution in [0.25, 0.3) is 0 Å². The minimum atomic E-state index is -0.935. The summed E-state index contributed by atoms with van der Waals surface area (Å²) in [4.78, 5) is 12.8. The van der Waals surface area contributed by atoms with Gasteiger partial charge in [-0.25, -0.2) is 0 Å². The molecule has 4 N–H and O–H groups in total. The Morgan fingerprint density at radius 3 is 2.42 bits per heavy atom. The van der Waals surface area contributed by atoms with Gasteiger partial charge in [0.1, 0.15) is 5.54 Å². The van der Waals surface area contributed by atoms with Crippen LogP contribution in [0.2, 0.25) is 0 Å². The quantitative estimate of drug-likeness (QED) is 0.736. The summed E-state index contributed by atoms with van der Waals surface area (Å²) in [5, 5.41) is 6.29. The Morgan fingerprint density at radius 1 is 1.12 bits per heavy atom. The van der Waals surface area contributed by atoms with Crippen molar-refractivity contribution in [3.8, 4) is 0 Å². The van der Waals surface area contributed by atoms with Crippen LogP contribution < -0.4 is 16.4 Å². The highest BCUT2D eigenvalue weighted by molar-refractivity contribution is 6.00. The third kappa shape index (κ3) is 3.32. The number of rotatable bonds is 6. The van der Waals surface area contributed by atoms with E-state index in [1.54, 1.807) is 0 Å². The summed E-state index contributed by atoms with van der Waals surface area (Å²) in [7, 11) is 0. The normalized spacial score (nSPS) is 23.8. The lowest BCUT2D eigenvalue weighted by Crippen LogP contribution is -2.74. The fourth-order valence-electron chi connectivity index (χ4n) is 3.43. The summed E-state index contributed by atoms with van der Waals surface area (Å²) in [5.41, 5.74) is 7.72. The van der Waals surface area contributed by atoms with E-state index in [4.69, 9.17) is 10.5 Å². The molecular formula is C21H27N3O2. The van der Waals surface area contributed by atoms with Gasteiger partial charge >= 0.3 is 0 Å². The van der Waals surface area contributed by atoms with Gasteiger partial charge in [-0.1, -0.05) is 38.1 Å². The van der Waals surface area contributed by atoms with E-state index in [-0.39, 0.29) is 12.0 Å². The Kier molecular flexibility index (Phi) is 5.03.